The van der Waals surface area contributed by atoms with Crippen LogP contribution in [0.15, 0.2) is 48.8 Å². The largest absolute Gasteiger partial charge is 0.391 e. The summed E-state index contributed by atoms with van der Waals surface area (Å²) < 4.78 is 2.03. The molecule has 1 aromatic carbocycles. The van der Waals surface area contributed by atoms with Crippen LogP contribution in [0.25, 0.3) is 11.0 Å². The predicted molar refractivity (Wildman–Crippen MR) is 106 cm³/mol. The molecule has 2 N–H and O–H groups in total. The second-order valence-corrected chi connectivity index (χ2v) is 7.54. The zero-order chi connectivity index (χ0) is 18.8. The first-order valence-electron chi connectivity index (χ1n) is 9.29. The van der Waals surface area contributed by atoms with Gasteiger partial charge in [0.2, 0.25) is 0 Å². The van der Waals surface area contributed by atoms with E-state index in [1.807, 2.05) is 47.2 Å². The van der Waals surface area contributed by atoms with Crippen LogP contribution in [-0.4, -0.2) is 32.7 Å². The van der Waals surface area contributed by atoms with Crippen LogP contribution in [0.2, 0.25) is 5.02 Å². The van der Waals surface area contributed by atoms with E-state index in [2.05, 4.69) is 10.3 Å². The van der Waals surface area contributed by atoms with Crippen molar-refractivity contribution in [2.45, 2.75) is 44.4 Å². The van der Waals surface area contributed by atoms with Gasteiger partial charge < -0.3 is 15.0 Å². The lowest BCUT2D eigenvalue weighted by Crippen LogP contribution is -2.45. The normalized spacial score (nSPS) is 19.9. The number of halogens is 1. The van der Waals surface area contributed by atoms with Gasteiger partial charge in [-0.2, -0.15) is 0 Å². The van der Waals surface area contributed by atoms with Gasteiger partial charge >= 0.3 is 0 Å². The molecule has 0 saturated heterocycles. The Bertz CT molecular complexity index is 952. The molecule has 2 atom stereocenters. The first kappa shape index (κ1) is 18.0. The number of nitrogens with one attached hydrogen (secondary N) is 1. The molecule has 2 aromatic heterocycles. The molecule has 0 spiro atoms. The van der Waals surface area contributed by atoms with Crippen LogP contribution in [0.1, 0.15) is 41.6 Å². The minimum Gasteiger partial charge on any atom is -0.391 e. The average Bonchev–Trinajstić information content (AvgIpc) is 3.04. The summed E-state index contributed by atoms with van der Waals surface area (Å²) in [6.07, 6.45) is 6.65. The molecule has 1 amide bonds. The van der Waals surface area contributed by atoms with Crippen LogP contribution < -0.4 is 5.32 Å². The summed E-state index contributed by atoms with van der Waals surface area (Å²) in [7, 11) is 0. The van der Waals surface area contributed by atoms with Gasteiger partial charge in [0.15, 0.2) is 0 Å². The van der Waals surface area contributed by atoms with Crippen molar-refractivity contribution in [3.05, 3.63) is 64.9 Å². The van der Waals surface area contributed by atoms with Crippen molar-refractivity contribution in [3.63, 3.8) is 0 Å². The molecule has 1 aliphatic rings. The number of aliphatic hydroxyl groups excluding tert-OH is 1. The van der Waals surface area contributed by atoms with E-state index in [-0.39, 0.29) is 11.9 Å². The Balaban J connectivity index is 1.63. The maximum Gasteiger partial charge on any atom is 0.255 e. The van der Waals surface area contributed by atoms with Gasteiger partial charge in [-0.05, 0) is 42.7 Å². The summed E-state index contributed by atoms with van der Waals surface area (Å²) >= 11 is 5.97. The number of nitrogens with zero attached hydrogens (tertiary/aromatic N) is 2. The number of carbonyl (C=O) groups is 1. The Morgan fingerprint density at radius 2 is 2.00 bits per heavy atom. The molecule has 1 fully saturated rings. The molecule has 27 heavy (non-hydrogen) atoms. The number of fused-ring (bicyclic) bond motifs is 1. The molecule has 1 saturated carbocycles. The first-order valence-corrected chi connectivity index (χ1v) is 9.67. The number of benzene rings is 1. The number of amides is 1. The molecule has 2 heterocycles. The summed E-state index contributed by atoms with van der Waals surface area (Å²) in [4.78, 5) is 17.3. The topological polar surface area (TPSA) is 67.2 Å². The molecule has 1 aliphatic carbocycles. The number of hydrogen-bond acceptors (Lipinski definition) is 3. The summed E-state index contributed by atoms with van der Waals surface area (Å²) in [5, 5.41) is 13.9. The maximum atomic E-state index is 12.9. The molecule has 0 bridgehead atoms. The van der Waals surface area contributed by atoms with Crippen LogP contribution >= 0.6 is 11.6 Å². The third kappa shape index (κ3) is 3.84. The number of aromatic nitrogens is 2. The van der Waals surface area contributed by atoms with Gasteiger partial charge in [-0.3, -0.25) is 9.78 Å². The molecule has 6 heteroatoms. The van der Waals surface area contributed by atoms with Gasteiger partial charge in [-0.15, -0.1) is 0 Å². The third-order valence-corrected chi connectivity index (χ3v) is 5.44. The standard InChI is InChI=1S/C21H22ClN3O2/c22-15-9-7-14(8-10-15)12-25-13-16(20-18(25)5-3-11-23-20)21(27)24-17-4-1-2-6-19(17)26/h3,5,7-11,13,17,19,26H,1-2,4,6,12H2,(H,24,27)/t17-,19-/m0/s1. The van der Waals surface area contributed by atoms with E-state index < -0.39 is 6.10 Å². The Labute approximate surface area is 163 Å². The average molecular weight is 384 g/mol. The van der Waals surface area contributed by atoms with Crippen LogP contribution in [-0.2, 0) is 6.54 Å². The summed E-state index contributed by atoms with van der Waals surface area (Å²) in [5.41, 5.74) is 3.21. The Morgan fingerprint density at radius 1 is 1.22 bits per heavy atom. The molecule has 0 aliphatic heterocycles. The summed E-state index contributed by atoms with van der Waals surface area (Å²) in [6.45, 7) is 0.624. The van der Waals surface area contributed by atoms with Gasteiger partial charge in [0, 0.05) is 24.0 Å². The Kier molecular flexibility index (Phi) is 5.14. The maximum absolute atomic E-state index is 12.9. The summed E-state index contributed by atoms with van der Waals surface area (Å²) in [5.74, 6) is -0.181. The van der Waals surface area contributed by atoms with Crippen molar-refractivity contribution in [1.29, 1.82) is 0 Å². The summed E-state index contributed by atoms with van der Waals surface area (Å²) in [6, 6.07) is 11.3. The smallest absolute Gasteiger partial charge is 0.255 e. The fraction of sp³-hybridized carbons (Fsp3) is 0.333. The highest BCUT2D eigenvalue weighted by Gasteiger charge is 2.26. The quantitative estimate of drug-likeness (QED) is 0.720. The predicted octanol–water partition coefficient (Wildman–Crippen LogP) is 3.77. The van der Waals surface area contributed by atoms with Crippen molar-refractivity contribution < 1.29 is 9.90 Å². The SMILES string of the molecule is O=C(N[C@H]1CCCC[C@@H]1O)c1cn(Cc2ccc(Cl)cc2)c2cccnc12. The van der Waals surface area contributed by atoms with Gasteiger partial charge in [0.05, 0.1) is 23.2 Å². The van der Waals surface area contributed by atoms with E-state index >= 15 is 0 Å². The van der Waals surface area contributed by atoms with Gasteiger partial charge in [0.1, 0.15) is 5.52 Å². The van der Waals surface area contributed by atoms with Gasteiger partial charge in [-0.25, -0.2) is 0 Å². The van der Waals surface area contributed by atoms with Crippen LogP contribution in [0, 0.1) is 0 Å². The fourth-order valence-corrected chi connectivity index (χ4v) is 3.86. The van der Waals surface area contributed by atoms with Crippen molar-refractivity contribution in [2.75, 3.05) is 0 Å². The Hall–Kier alpha value is -2.37. The molecule has 0 unspecified atom stereocenters. The first-order chi connectivity index (χ1) is 13.1. The van der Waals surface area contributed by atoms with Crippen LogP contribution in [0.3, 0.4) is 0 Å². The second-order valence-electron chi connectivity index (χ2n) is 7.10. The fourth-order valence-electron chi connectivity index (χ4n) is 3.73. The second kappa shape index (κ2) is 7.71. The molecular formula is C21H22ClN3O2. The monoisotopic (exact) mass is 383 g/mol. The minimum absolute atomic E-state index is 0.181. The van der Waals surface area contributed by atoms with Crippen molar-refractivity contribution in [1.82, 2.24) is 14.9 Å². The third-order valence-electron chi connectivity index (χ3n) is 5.19. The molecule has 4 rings (SSSR count). The highest BCUT2D eigenvalue weighted by atomic mass is 35.5. The molecule has 5 nitrogen and oxygen atoms in total. The van der Waals surface area contributed by atoms with Crippen LogP contribution in [0.4, 0.5) is 0 Å². The highest BCUT2D eigenvalue weighted by Crippen LogP contribution is 2.23. The number of pyridine rings is 1. The van der Waals surface area contributed by atoms with E-state index in [1.54, 1.807) is 6.20 Å². The van der Waals surface area contributed by atoms with E-state index in [1.165, 1.54) is 0 Å². The molecule has 3 aromatic rings. The van der Waals surface area contributed by atoms with E-state index in [9.17, 15) is 9.90 Å². The lowest BCUT2D eigenvalue weighted by atomic mass is 9.92. The van der Waals surface area contributed by atoms with Gasteiger partial charge in [-0.1, -0.05) is 36.6 Å². The van der Waals surface area contributed by atoms with Crippen LogP contribution in [0.5, 0.6) is 0 Å². The van der Waals surface area contributed by atoms with Crippen molar-refractivity contribution >= 4 is 28.5 Å². The lowest BCUT2D eigenvalue weighted by Gasteiger charge is -2.28. The molecular weight excluding hydrogens is 362 g/mol. The van der Waals surface area contributed by atoms with Crippen molar-refractivity contribution in [3.8, 4) is 0 Å². The van der Waals surface area contributed by atoms with E-state index in [0.717, 1.165) is 36.8 Å². The number of aliphatic hydroxyl groups is 1. The number of carbonyl (C=O) groups excluding carboxylic acids is 1. The number of hydrogen-bond donors (Lipinski definition) is 2. The van der Waals surface area contributed by atoms with Crippen molar-refractivity contribution in [2.24, 2.45) is 0 Å². The van der Waals surface area contributed by atoms with Gasteiger partial charge in [0.25, 0.3) is 5.91 Å². The number of rotatable bonds is 4. The zero-order valence-electron chi connectivity index (χ0n) is 14.9. The zero-order valence-corrected chi connectivity index (χ0v) is 15.7. The van der Waals surface area contributed by atoms with E-state index in [0.29, 0.717) is 22.6 Å². The molecule has 140 valence electrons. The highest BCUT2D eigenvalue weighted by molar-refractivity contribution is 6.30. The Morgan fingerprint density at radius 3 is 2.78 bits per heavy atom. The molecule has 0 radical (unpaired) electrons. The van der Waals surface area contributed by atoms with E-state index in [4.69, 9.17) is 11.6 Å². The lowest BCUT2D eigenvalue weighted by molar-refractivity contribution is 0.0718. The minimum atomic E-state index is -0.474.